The van der Waals surface area contributed by atoms with Gasteiger partial charge in [0, 0.05) is 6.54 Å². The number of carbonyl (C=O) groups excluding carboxylic acids is 1. The molecule has 2 unspecified atom stereocenters. The Kier molecular flexibility index (Phi) is 5.06. The molecule has 2 rings (SSSR count). The van der Waals surface area contributed by atoms with E-state index in [9.17, 15) is 23.1 Å². The lowest BCUT2D eigenvalue weighted by Gasteiger charge is -2.29. The van der Waals surface area contributed by atoms with Crippen molar-refractivity contribution in [2.24, 2.45) is 0 Å². The van der Waals surface area contributed by atoms with E-state index in [-0.39, 0.29) is 18.7 Å². The number of amides is 1. The lowest BCUT2D eigenvalue weighted by atomic mass is 9.78. The van der Waals surface area contributed by atoms with Gasteiger partial charge in [0.2, 0.25) is 15.9 Å². The number of carboxylic acid groups (broad SMARTS) is 1. The summed E-state index contributed by atoms with van der Waals surface area (Å²) in [4.78, 5) is 23.9. The quantitative estimate of drug-likeness (QED) is 0.686. The predicted molar refractivity (Wildman–Crippen MR) is 84.4 cm³/mol. The molecule has 0 aliphatic carbocycles. The van der Waals surface area contributed by atoms with Crippen molar-refractivity contribution in [2.75, 3.05) is 12.3 Å². The molecule has 1 fully saturated rings. The molecule has 1 amide bonds. The number of hydrogen-bond donors (Lipinski definition) is 3. The molecule has 126 valence electrons. The molecule has 1 aromatic rings. The van der Waals surface area contributed by atoms with Gasteiger partial charge in [-0.05, 0) is 18.4 Å². The van der Waals surface area contributed by atoms with Gasteiger partial charge < -0.3 is 10.4 Å². The van der Waals surface area contributed by atoms with E-state index in [1.807, 2.05) is 0 Å². The van der Waals surface area contributed by atoms with Crippen LogP contribution in [0.25, 0.3) is 0 Å². The maximum atomic E-state index is 12.1. The van der Waals surface area contributed by atoms with Gasteiger partial charge in [0.05, 0.1) is 5.75 Å². The largest absolute Gasteiger partial charge is 0.481 e. The highest BCUT2D eigenvalue weighted by Gasteiger charge is 2.40. The predicted octanol–water partition coefficient (Wildman–Crippen LogP) is 0.227. The van der Waals surface area contributed by atoms with E-state index in [0.29, 0.717) is 12.0 Å². The zero-order valence-corrected chi connectivity index (χ0v) is 13.6. The lowest BCUT2D eigenvalue weighted by Crippen LogP contribution is -2.50. The van der Waals surface area contributed by atoms with Gasteiger partial charge in [-0.1, -0.05) is 37.3 Å². The molecule has 1 heterocycles. The van der Waals surface area contributed by atoms with Crippen molar-refractivity contribution in [1.29, 1.82) is 0 Å². The minimum absolute atomic E-state index is 0.0956. The van der Waals surface area contributed by atoms with Crippen LogP contribution in [-0.2, 0) is 25.0 Å². The third kappa shape index (κ3) is 3.70. The number of nitrogens with one attached hydrogen (secondary N) is 2. The van der Waals surface area contributed by atoms with Crippen LogP contribution in [0.5, 0.6) is 0 Å². The molecule has 8 heteroatoms. The van der Waals surface area contributed by atoms with Crippen molar-refractivity contribution in [2.45, 2.75) is 31.2 Å². The van der Waals surface area contributed by atoms with Crippen LogP contribution in [-0.4, -0.2) is 43.7 Å². The standard InChI is InChI=1S/C15H20N2O5S/c1-2-15(14(19)20,11-6-4-3-5-7-11)10-16-13(18)12-8-9-23(21,22)17-12/h3-7,12,17H,2,8-10H2,1H3,(H,16,18)(H,19,20). The first-order valence-electron chi connectivity index (χ1n) is 7.37. The highest BCUT2D eigenvalue weighted by molar-refractivity contribution is 7.89. The second-order valence-corrected chi connectivity index (χ2v) is 7.48. The smallest absolute Gasteiger partial charge is 0.315 e. The normalized spacial score (nSPS) is 22.2. The van der Waals surface area contributed by atoms with Crippen molar-refractivity contribution in [3.05, 3.63) is 35.9 Å². The van der Waals surface area contributed by atoms with Crippen molar-refractivity contribution in [1.82, 2.24) is 10.0 Å². The molecule has 1 aromatic carbocycles. The van der Waals surface area contributed by atoms with Crippen LogP contribution in [0.1, 0.15) is 25.3 Å². The van der Waals surface area contributed by atoms with Crippen LogP contribution >= 0.6 is 0 Å². The van der Waals surface area contributed by atoms with Gasteiger partial charge in [-0.3, -0.25) is 9.59 Å². The molecule has 0 radical (unpaired) electrons. The zero-order valence-electron chi connectivity index (χ0n) is 12.8. The fourth-order valence-electron chi connectivity index (χ4n) is 2.69. The maximum Gasteiger partial charge on any atom is 0.315 e. The van der Waals surface area contributed by atoms with Crippen LogP contribution < -0.4 is 10.0 Å². The van der Waals surface area contributed by atoms with E-state index in [0.717, 1.165) is 0 Å². The summed E-state index contributed by atoms with van der Waals surface area (Å²) in [6.07, 6.45) is 0.481. The number of benzene rings is 1. The zero-order chi connectivity index (χ0) is 17.1. The molecule has 0 bridgehead atoms. The van der Waals surface area contributed by atoms with E-state index in [1.165, 1.54) is 0 Å². The molecule has 0 saturated carbocycles. The SMILES string of the molecule is CCC(CNC(=O)C1CCS(=O)(=O)N1)(C(=O)O)c1ccccc1. The van der Waals surface area contributed by atoms with Gasteiger partial charge in [0.25, 0.3) is 0 Å². The molecule has 1 saturated heterocycles. The van der Waals surface area contributed by atoms with Gasteiger partial charge in [-0.25, -0.2) is 13.1 Å². The lowest BCUT2D eigenvalue weighted by molar-refractivity contribution is -0.144. The number of aliphatic carboxylic acids is 1. The van der Waals surface area contributed by atoms with Crippen LogP contribution in [0.3, 0.4) is 0 Å². The highest BCUT2D eigenvalue weighted by atomic mass is 32.2. The summed E-state index contributed by atoms with van der Waals surface area (Å²) < 4.78 is 25.0. The molecular formula is C15H20N2O5S. The Labute approximate surface area is 135 Å². The molecule has 0 spiro atoms. The number of sulfonamides is 1. The molecule has 2 atom stereocenters. The van der Waals surface area contributed by atoms with Crippen LogP contribution in [0.4, 0.5) is 0 Å². The number of carbonyl (C=O) groups is 2. The molecule has 1 aliphatic rings. The van der Waals surface area contributed by atoms with Gasteiger partial charge in [0.15, 0.2) is 0 Å². The van der Waals surface area contributed by atoms with E-state index >= 15 is 0 Å². The van der Waals surface area contributed by atoms with E-state index < -0.39 is 33.4 Å². The first kappa shape index (κ1) is 17.4. The Balaban J connectivity index is 2.14. The van der Waals surface area contributed by atoms with Crippen molar-refractivity contribution >= 4 is 21.9 Å². The van der Waals surface area contributed by atoms with E-state index in [1.54, 1.807) is 37.3 Å². The molecule has 3 N–H and O–H groups in total. The van der Waals surface area contributed by atoms with Gasteiger partial charge in [-0.2, -0.15) is 0 Å². The highest BCUT2D eigenvalue weighted by Crippen LogP contribution is 2.28. The van der Waals surface area contributed by atoms with Gasteiger partial charge >= 0.3 is 5.97 Å². The number of rotatable bonds is 6. The summed E-state index contributed by atoms with van der Waals surface area (Å²) in [5, 5.41) is 12.3. The summed E-state index contributed by atoms with van der Waals surface area (Å²) >= 11 is 0. The van der Waals surface area contributed by atoms with Gasteiger partial charge in [-0.15, -0.1) is 0 Å². The minimum Gasteiger partial charge on any atom is -0.481 e. The first-order valence-corrected chi connectivity index (χ1v) is 9.02. The third-order valence-electron chi connectivity index (χ3n) is 4.22. The fourth-order valence-corrected chi connectivity index (χ4v) is 4.01. The topological polar surface area (TPSA) is 113 Å². The molecule has 1 aliphatic heterocycles. The van der Waals surface area contributed by atoms with Crippen molar-refractivity contribution < 1.29 is 23.1 Å². The van der Waals surface area contributed by atoms with E-state index in [2.05, 4.69) is 10.0 Å². The Morgan fingerprint density at radius 2 is 2.00 bits per heavy atom. The molecule has 23 heavy (non-hydrogen) atoms. The third-order valence-corrected chi connectivity index (χ3v) is 5.63. The van der Waals surface area contributed by atoms with Crippen LogP contribution in [0, 0.1) is 0 Å². The molecular weight excluding hydrogens is 320 g/mol. The average molecular weight is 340 g/mol. The molecule has 7 nitrogen and oxygen atoms in total. The van der Waals surface area contributed by atoms with Crippen LogP contribution in [0.2, 0.25) is 0 Å². The monoisotopic (exact) mass is 340 g/mol. The summed E-state index contributed by atoms with van der Waals surface area (Å²) in [7, 11) is -3.40. The summed E-state index contributed by atoms with van der Waals surface area (Å²) in [5.41, 5.74) is -0.642. The minimum atomic E-state index is -3.40. The Hall–Kier alpha value is -1.93. The summed E-state index contributed by atoms with van der Waals surface area (Å²) in [5.74, 6) is -1.62. The Morgan fingerprint density at radius 1 is 1.35 bits per heavy atom. The van der Waals surface area contributed by atoms with Crippen molar-refractivity contribution in [3.63, 3.8) is 0 Å². The Bertz CT molecular complexity index is 689. The van der Waals surface area contributed by atoms with E-state index in [4.69, 9.17) is 0 Å². The molecule has 0 aromatic heterocycles. The van der Waals surface area contributed by atoms with Crippen molar-refractivity contribution in [3.8, 4) is 0 Å². The number of hydrogen-bond acceptors (Lipinski definition) is 4. The number of carboxylic acids is 1. The fraction of sp³-hybridized carbons (Fsp3) is 0.467. The average Bonchev–Trinajstić information content (AvgIpc) is 2.89. The Morgan fingerprint density at radius 3 is 2.48 bits per heavy atom. The maximum absolute atomic E-state index is 12.1. The second kappa shape index (κ2) is 6.67. The first-order chi connectivity index (χ1) is 10.8. The second-order valence-electron chi connectivity index (χ2n) is 5.60. The summed E-state index contributed by atoms with van der Waals surface area (Å²) in [6, 6.07) is 7.87. The van der Waals surface area contributed by atoms with Gasteiger partial charge in [0.1, 0.15) is 11.5 Å². The summed E-state index contributed by atoms with van der Waals surface area (Å²) in [6.45, 7) is 1.64. The van der Waals surface area contributed by atoms with Crippen LogP contribution in [0.15, 0.2) is 30.3 Å².